The van der Waals surface area contributed by atoms with Gasteiger partial charge in [0.15, 0.2) is 0 Å². The number of nitrogens with two attached hydrogens (primary N) is 1. The molecule has 4 aromatic carbocycles. The van der Waals surface area contributed by atoms with Crippen molar-refractivity contribution in [1.82, 2.24) is 4.98 Å². The first-order valence-corrected chi connectivity index (χ1v) is 10.1. The third kappa shape index (κ3) is 3.03. The van der Waals surface area contributed by atoms with Gasteiger partial charge in [-0.2, -0.15) is 0 Å². The highest BCUT2D eigenvalue weighted by Gasteiger charge is 2.14. The summed E-state index contributed by atoms with van der Waals surface area (Å²) in [5.74, 6) is 0. The Hall–Kier alpha value is -3.21. The van der Waals surface area contributed by atoms with Crippen LogP contribution in [-0.4, -0.2) is 4.98 Å². The van der Waals surface area contributed by atoms with Crippen LogP contribution in [0.4, 0.5) is 5.69 Å². The smallest absolute Gasteiger partial charge is 0.126 e. The van der Waals surface area contributed by atoms with Gasteiger partial charge in [-0.05, 0) is 40.6 Å². The van der Waals surface area contributed by atoms with Gasteiger partial charge in [0.05, 0.1) is 10.2 Å². The molecular weight excluding hydrogens is 362 g/mol. The van der Waals surface area contributed by atoms with E-state index in [1.165, 1.54) is 15.5 Å². The predicted molar refractivity (Wildman–Crippen MR) is 120 cm³/mol. The molecule has 4 heteroatoms. The maximum absolute atomic E-state index is 6.59. The van der Waals surface area contributed by atoms with Gasteiger partial charge in [-0.1, -0.05) is 66.7 Å². The number of rotatable bonds is 4. The van der Waals surface area contributed by atoms with Crippen LogP contribution < -0.4 is 11.1 Å². The van der Waals surface area contributed by atoms with Crippen molar-refractivity contribution in [2.24, 2.45) is 5.73 Å². The number of thiazole rings is 1. The lowest BCUT2D eigenvalue weighted by Crippen LogP contribution is -2.20. The topological polar surface area (TPSA) is 50.9 Å². The fraction of sp³-hybridized carbons (Fsp3) is 0.0417. The third-order valence-corrected chi connectivity index (χ3v) is 5.99. The van der Waals surface area contributed by atoms with Crippen molar-refractivity contribution in [2.45, 2.75) is 6.17 Å². The molecule has 0 radical (unpaired) electrons. The number of aromatic nitrogens is 1. The molecule has 136 valence electrons. The predicted octanol–water partition coefficient (Wildman–Crippen LogP) is 6.19. The Bertz CT molecular complexity index is 1240. The summed E-state index contributed by atoms with van der Waals surface area (Å²) in [5.41, 5.74) is 10.7. The Labute approximate surface area is 167 Å². The van der Waals surface area contributed by atoms with Crippen molar-refractivity contribution in [2.75, 3.05) is 5.32 Å². The maximum Gasteiger partial charge on any atom is 0.126 e. The van der Waals surface area contributed by atoms with Crippen molar-refractivity contribution in [3.8, 4) is 10.6 Å². The van der Waals surface area contributed by atoms with Crippen molar-refractivity contribution >= 4 is 38.0 Å². The van der Waals surface area contributed by atoms with E-state index in [1.807, 2.05) is 42.5 Å². The van der Waals surface area contributed by atoms with Gasteiger partial charge in [0.25, 0.3) is 0 Å². The Morgan fingerprint density at radius 1 is 0.786 bits per heavy atom. The number of hydrogen-bond acceptors (Lipinski definition) is 4. The summed E-state index contributed by atoms with van der Waals surface area (Å²) in [6.07, 6.45) is -0.318. The molecule has 0 bridgehead atoms. The number of para-hydroxylation sites is 2. The molecular formula is C24H19N3S. The molecule has 0 aliphatic heterocycles. The Balaban J connectivity index is 1.54. The van der Waals surface area contributed by atoms with E-state index in [0.29, 0.717) is 0 Å². The number of nitrogens with one attached hydrogen (secondary N) is 1. The molecule has 1 atom stereocenters. The maximum atomic E-state index is 6.59. The molecule has 5 rings (SSSR count). The highest BCUT2D eigenvalue weighted by atomic mass is 32.1. The van der Waals surface area contributed by atoms with E-state index in [0.717, 1.165) is 27.3 Å². The van der Waals surface area contributed by atoms with Crippen molar-refractivity contribution in [3.05, 3.63) is 96.6 Å². The second kappa shape index (κ2) is 7.08. The minimum Gasteiger partial charge on any atom is -0.366 e. The monoisotopic (exact) mass is 381 g/mol. The third-order valence-electron chi connectivity index (χ3n) is 4.92. The molecule has 0 spiro atoms. The van der Waals surface area contributed by atoms with Gasteiger partial charge < -0.3 is 11.1 Å². The summed E-state index contributed by atoms with van der Waals surface area (Å²) in [7, 11) is 0. The fourth-order valence-corrected chi connectivity index (χ4v) is 4.55. The Kier molecular flexibility index (Phi) is 4.28. The second-order valence-corrected chi connectivity index (χ2v) is 7.75. The average molecular weight is 382 g/mol. The van der Waals surface area contributed by atoms with E-state index in [4.69, 9.17) is 10.7 Å². The Morgan fingerprint density at radius 2 is 1.54 bits per heavy atom. The van der Waals surface area contributed by atoms with Crippen molar-refractivity contribution in [3.63, 3.8) is 0 Å². The fourth-order valence-electron chi connectivity index (χ4n) is 3.55. The van der Waals surface area contributed by atoms with Gasteiger partial charge in [0.1, 0.15) is 11.2 Å². The normalized spacial score (nSPS) is 12.3. The lowest BCUT2D eigenvalue weighted by molar-refractivity contribution is 0.845. The molecule has 0 amide bonds. The largest absolute Gasteiger partial charge is 0.366 e. The van der Waals surface area contributed by atoms with Gasteiger partial charge in [0, 0.05) is 11.3 Å². The standard InChI is InChI=1S/C24H19N3S/c25-23(18-12-7-9-16-8-1-2-10-17(16)18)26-20-13-4-3-11-19(20)24-27-21-14-5-6-15-22(21)28-24/h1-15,23,26H,25H2. The van der Waals surface area contributed by atoms with Crippen LogP contribution in [-0.2, 0) is 0 Å². The van der Waals surface area contributed by atoms with Crippen LogP contribution in [0.15, 0.2) is 91.0 Å². The van der Waals surface area contributed by atoms with Crippen LogP contribution >= 0.6 is 11.3 Å². The SMILES string of the molecule is NC(Nc1ccccc1-c1nc2ccccc2s1)c1cccc2ccccc12. The zero-order valence-electron chi connectivity index (χ0n) is 15.2. The summed E-state index contributed by atoms with van der Waals surface area (Å²) in [5, 5.41) is 6.86. The quantitative estimate of drug-likeness (QED) is 0.365. The number of anilines is 1. The van der Waals surface area contributed by atoms with Gasteiger partial charge in [-0.15, -0.1) is 11.3 Å². The molecule has 1 aromatic heterocycles. The first kappa shape index (κ1) is 16.9. The Morgan fingerprint density at radius 3 is 2.46 bits per heavy atom. The molecule has 1 unspecified atom stereocenters. The van der Waals surface area contributed by atoms with E-state index < -0.39 is 0 Å². The average Bonchev–Trinajstić information content (AvgIpc) is 3.18. The molecule has 0 saturated carbocycles. The molecule has 28 heavy (non-hydrogen) atoms. The van der Waals surface area contributed by atoms with E-state index in [9.17, 15) is 0 Å². The number of fused-ring (bicyclic) bond motifs is 2. The summed E-state index contributed by atoms with van der Waals surface area (Å²) >= 11 is 1.70. The zero-order chi connectivity index (χ0) is 18.9. The number of nitrogens with zero attached hydrogens (tertiary/aromatic N) is 1. The first-order valence-electron chi connectivity index (χ1n) is 9.24. The van der Waals surface area contributed by atoms with Crippen molar-refractivity contribution < 1.29 is 0 Å². The van der Waals surface area contributed by atoms with Crippen LogP contribution in [0, 0.1) is 0 Å². The molecule has 0 fully saturated rings. The molecule has 0 aliphatic carbocycles. The lowest BCUT2D eigenvalue weighted by Gasteiger charge is -2.19. The number of hydrogen-bond donors (Lipinski definition) is 2. The van der Waals surface area contributed by atoms with Crippen LogP contribution in [0.3, 0.4) is 0 Å². The van der Waals surface area contributed by atoms with Crippen LogP contribution in [0.2, 0.25) is 0 Å². The molecule has 3 N–H and O–H groups in total. The summed E-state index contributed by atoms with van der Waals surface area (Å²) in [4.78, 5) is 4.81. The first-order chi connectivity index (χ1) is 13.8. The molecule has 0 saturated heterocycles. The summed E-state index contributed by atoms with van der Waals surface area (Å²) < 4.78 is 1.19. The van der Waals surface area contributed by atoms with Gasteiger partial charge >= 0.3 is 0 Å². The molecule has 3 nitrogen and oxygen atoms in total. The highest BCUT2D eigenvalue weighted by molar-refractivity contribution is 7.21. The molecule has 1 heterocycles. The second-order valence-electron chi connectivity index (χ2n) is 6.72. The minimum atomic E-state index is -0.318. The van der Waals surface area contributed by atoms with Crippen LogP contribution in [0.5, 0.6) is 0 Å². The van der Waals surface area contributed by atoms with Crippen molar-refractivity contribution in [1.29, 1.82) is 0 Å². The lowest BCUT2D eigenvalue weighted by atomic mass is 10.0. The van der Waals surface area contributed by atoms with E-state index in [-0.39, 0.29) is 6.17 Å². The van der Waals surface area contributed by atoms with Gasteiger partial charge in [0.2, 0.25) is 0 Å². The van der Waals surface area contributed by atoms with Gasteiger partial charge in [-0.25, -0.2) is 4.98 Å². The minimum absolute atomic E-state index is 0.318. The van der Waals surface area contributed by atoms with E-state index >= 15 is 0 Å². The van der Waals surface area contributed by atoms with E-state index in [2.05, 4.69) is 53.8 Å². The highest BCUT2D eigenvalue weighted by Crippen LogP contribution is 2.35. The molecule has 0 aliphatic rings. The summed E-state index contributed by atoms with van der Waals surface area (Å²) in [6.45, 7) is 0. The summed E-state index contributed by atoms with van der Waals surface area (Å²) in [6, 6.07) is 31.0. The van der Waals surface area contributed by atoms with E-state index in [1.54, 1.807) is 11.3 Å². The van der Waals surface area contributed by atoms with Gasteiger partial charge in [-0.3, -0.25) is 0 Å². The number of benzene rings is 4. The van der Waals surface area contributed by atoms with Crippen LogP contribution in [0.25, 0.3) is 31.6 Å². The molecule has 5 aromatic rings. The van der Waals surface area contributed by atoms with Crippen LogP contribution in [0.1, 0.15) is 11.7 Å². The zero-order valence-corrected chi connectivity index (χ0v) is 16.0.